The minimum atomic E-state index is -0.202. The van der Waals surface area contributed by atoms with Crippen molar-refractivity contribution in [3.05, 3.63) is 35.1 Å². The third-order valence-corrected chi connectivity index (χ3v) is 3.92. The van der Waals surface area contributed by atoms with Crippen LogP contribution in [-0.2, 0) is 12.3 Å². The number of hydrogen-bond acceptors (Lipinski definition) is 5. The lowest BCUT2D eigenvalue weighted by atomic mass is 10.1. The smallest absolute Gasteiger partial charge is 0.209 e. The number of benzene rings is 1. The van der Waals surface area contributed by atoms with Crippen molar-refractivity contribution in [2.75, 3.05) is 13.1 Å². The predicted octanol–water partition coefficient (Wildman–Crippen LogP) is 2.02. The molecule has 5 nitrogen and oxygen atoms in total. The molecule has 1 N–H and O–H groups in total. The van der Waals surface area contributed by atoms with Crippen molar-refractivity contribution in [3.8, 4) is 0 Å². The highest BCUT2D eigenvalue weighted by Crippen LogP contribution is 2.22. The van der Waals surface area contributed by atoms with Gasteiger partial charge in [-0.2, -0.15) is 0 Å². The number of nitrogens with zero attached hydrogens (tertiary/aromatic N) is 4. The van der Waals surface area contributed by atoms with Gasteiger partial charge in [-0.25, -0.2) is 9.07 Å². The average molecular weight is 295 g/mol. The summed E-state index contributed by atoms with van der Waals surface area (Å²) in [5.74, 6) is 0.528. The quantitative estimate of drug-likeness (QED) is 0.625. The van der Waals surface area contributed by atoms with Crippen LogP contribution >= 0.6 is 11.8 Å². The highest BCUT2D eigenvalue weighted by molar-refractivity contribution is 7.98. The molecular formula is C13H18FN5S. The van der Waals surface area contributed by atoms with E-state index < -0.39 is 0 Å². The zero-order chi connectivity index (χ0) is 14.4. The highest BCUT2D eigenvalue weighted by atomic mass is 32.2. The summed E-state index contributed by atoms with van der Waals surface area (Å²) in [4.78, 5) is 0. The first kappa shape index (κ1) is 14.9. The maximum absolute atomic E-state index is 13.0. The lowest BCUT2D eigenvalue weighted by molar-refractivity contribution is 0.517. The van der Waals surface area contributed by atoms with E-state index >= 15 is 0 Å². The first-order chi connectivity index (χ1) is 9.70. The molecule has 2 rings (SSSR count). The monoisotopic (exact) mass is 295 g/mol. The first-order valence-corrected chi connectivity index (χ1v) is 7.54. The Labute approximate surface area is 122 Å². The number of aryl methyl sites for hydroxylation is 1. The molecule has 108 valence electrons. The van der Waals surface area contributed by atoms with Crippen molar-refractivity contribution < 1.29 is 4.39 Å². The molecule has 20 heavy (non-hydrogen) atoms. The van der Waals surface area contributed by atoms with Gasteiger partial charge in [0.25, 0.3) is 0 Å². The van der Waals surface area contributed by atoms with Gasteiger partial charge < -0.3 is 5.32 Å². The number of thioether (sulfide) groups is 1. The summed E-state index contributed by atoms with van der Waals surface area (Å²) in [5, 5.41) is 15.7. The summed E-state index contributed by atoms with van der Waals surface area (Å²) in [6.07, 6.45) is 0. The number of rotatable bonds is 7. The Kier molecular flexibility index (Phi) is 5.49. The van der Waals surface area contributed by atoms with Crippen LogP contribution in [0.3, 0.4) is 0 Å². The molecule has 0 aliphatic heterocycles. The number of nitrogens with one attached hydrogen (secondary N) is 1. The van der Waals surface area contributed by atoms with Crippen LogP contribution in [0.15, 0.2) is 23.4 Å². The lowest BCUT2D eigenvalue weighted by Gasteiger charge is -2.06. The third kappa shape index (κ3) is 4.01. The summed E-state index contributed by atoms with van der Waals surface area (Å²) >= 11 is 1.56. The van der Waals surface area contributed by atoms with E-state index in [2.05, 4.69) is 27.8 Å². The van der Waals surface area contributed by atoms with Crippen molar-refractivity contribution in [2.24, 2.45) is 0 Å². The van der Waals surface area contributed by atoms with Crippen LogP contribution in [0.4, 0.5) is 4.39 Å². The molecule has 0 radical (unpaired) electrons. The van der Waals surface area contributed by atoms with Crippen molar-refractivity contribution in [1.29, 1.82) is 0 Å². The molecule has 7 heteroatoms. The molecule has 0 saturated heterocycles. The van der Waals surface area contributed by atoms with E-state index in [0.29, 0.717) is 0 Å². The van der Waals surface area contributed by atoms with Crippen LogP contribution in [0.25, 0.3) is 0 Å². The molecule has 0 saturated carbocycles. The minimum absolute atomic E-state index is 0.202. The largest absolute Gasteiger partial charge is 0.315 e. The van der Waals surface area contributed by atoms with Crippen LogP contribution in [0.1, 0.15) is 18.1 Å². The van der Waals surface area contributed by atoms with Gasteiger partial charge in [-0.1, -0.05) is 24.8 Å². The maximum atomic E-state index is 13.0. The van der Waals surface area contributed by atoms with Gasteiger partial charge in [0.15, 0.2) is 0 Å². The van der Waals surface area contributed by atoms with Crippen molar-refractivity contribution in [1.82, 2.24) is 25.5 Å². The van der Waals surface area contributed by atoms with Gasteiger partial charge in [0.2, 0.25) is 5.16 Å². The molecule has 0 fully saturated rings. The van der Waals surface area contributed by atoms with Gasteiger partial charge in [-0.15, -0.1) is 5.10 Å². The second-order valence-corrected chi connectivity index (χ2v) is 5.34. The molecule has 0 aliphatic rings. The van der Waals surface area contributed by atoms with Gasteiger partial charge in [0.05, 0.1) is 6.54 Å². The Bertz CT molecular complexity index is 557. The molecule has 1 aromatic heterocycles. The molecule has 0 bridgehead atoms. The molecule has 0 atom stereocenters. The Morgan fingerprint density at radius 1 is 1.40 bits per heavy atom. The zero-order valence-electron chi connectivity index (χ0n) is 11.6. The fraction of sp³-hybridized carbons (Fsp3) is 0.462. The Balaban J connectivity index is 1.95. The van der Waals surface area contributed by atoms with Crippen LogP contribution < -0.4 is 5.32 Å². The molecule has 2 aromatic rings. The predicted molar refractivity (Wildman–Crippen MR) is 77.1 cm³/mol. The number of aromatic nitrogens is 4. The Hall–Kier alpha value is -1.47. The standard InChI is InChI=1S/C13H18FN5S/c1-3-15-6-7-19-13(16-17-18-19)20-9-11-4-5-12(14)8-10(11)2/h4-5,8,15H,3,6-7,9H2,1-2H3. The molecule has 1 heterocycles. The Morgan fingerprint density at radius 2 is 2.25 bits per heavy atom. The third-order valence-electron chi connectivity index (χ3n) is 2.91. The number of halogens is 1. The van der Waals surface area contributed by atoms with Crippen molar-refractivity contribution in [3.63, 3.8) is 0 Å². The Morgan fingerprint density at radius 3 is 3.00 bits per heavy atom. The van der Waals surface area contributed by atoms with Gasteiger partial charge in [-0.05, 0) is 47.2 Å². The first-order valence-electron chi connectivity index (χ1n) is 6.55. The molecule has 0 spiro atoms. The highest BCUT2D eigenvalue weighted by Gasteiger charge is 2.08. The number of likely N-dealkylation sites (N-methyl/N-ethyl adjacent to an activating group) is 1. The van der Waals surface area contributed by atoms with E-state index in [0.717, 1.165) is 41.7 Å². The van der Waals surface area contributed by atoms with Gasteiger partial charge in [-0.3, -0.25) is 0 Å². The van der Waals surface area contributed by atoms with E-state index in [1.165, 1.54) is 6.07 Å². The topological polar surface area (TPSA) is 55.6 Å². The van der Waals surface area contributed by atoms with Gasteiger partial charge in [0, 0.05) is 12.3 Å². The second-order valence-electron chi connectivity index (χ2n) is 4.40. The summed E-state index contributed by atoms with van der Waals surface area (Å²) in [7, 11) is 0. The zero-order valence-corrected chi connectivity index (χ0v) is 12.5. The van der Waals surface area contributed by atoms with E-state index in [1.807, 2.05) is 13.0 Å². The minimum Gasteiger partial charge on any atom is -0.315 e. The summed E-state index contributed by atoms with van der Waals surface area (Å²) in [6, 6.07) is 4.84. The normalized spacial score (nSPS) is 10.9. The van der Waals surface area contributed by atoms with Gasteiger partial charge >= 0.3 is 0 Å². The van der Waals surface area contributed by atoms with E-state index in [4.69, 9.17) is 0 Å². The fourth-order valence-corrected chi connectivity index (χ4v) is 2.75. The SMILES string of the molecule is CCNCCn1nnnc1SCc1ccc(F)cc1C. The van der Waals surface area contributed by atoms with Crippen LogP contribution in [0.2, 0.25) is 0 Å². The number of hydrogen-bond donors (Lipinski definition) is 1. The summed E-state index contributed by atoms with van der Waals surface area (Å²) in [5.41, 5.74) is 2.04. The molecule has 0 amide bonds. The van der Waals surface area contributed by atoms with E-state index in [9.17, 15) is 4.39 Å². The maximum Gasteiger partial charge on any atom is 0.209 e. The van der Waals surface area contributed by atoms with Crippen LogP contribution in [0, 0.1) is 12.7 Å². The lowest BCUT2D eigenvalue weighted by Crippen LogP contribution is -2.20. The van der Waals surface area contributed by atoms with Gasteiger partial charge in [0.1, 0.15) is 5.82 Å². The molecule has 1 aromatic carbocycles. The molecule has 0 unspecified atom stereocenters. The summed E-state index contributed by atoms with van der Waals surface area (Å²) in [6.45, 7) is 6.48. The van der Waals surface area contributed by atoms with Crippen molar-refractivity contribution in [2.45, 2.75) is 31.3 Å². The van der Waals surface area contributed by atoms with Crippen molar-refractivity contribution >= 4 is 11.8 Å². The average Bonchev–Trinajstić information content (AvgIpc) is 2.86. The van der Waals surface area contributed by atoms with Crippen LogP contribution in [-0.4, -0.2) is 33.3 Å². The molecule has 0 aliphatic carbocycles. The van der Waals surface area contributed by atoms with Crippen LogP contribution in [0.5, 0.6) is 0 Å². The fourth-order valence-electron chi connectivity index (χ4n) is 1.77. The number of tetrazole rings is 1. The molecular weight excluding hydrogens is 277 g/mol. The van der Waals surface area contributed by atoms with E-state index in [1.54, 1.807) is 22.5 Å². The summed E-state index contributed by atoms with van der Waals surface area (Å²) < 4.78 is 14.8. The van der Waals surface area contributed by atoms with E-state index in [-0.39, 0.29) is 5.82 Å². The second kappa shape index (κ2) is 7.35.